The first-order chi connectivity index (χ1) is 9.44. The highest BCUT2D eigenvalue weighted by molar-refractivity contribution is 9.11. The normalized spacial score (nSPS) is 16.9. The monoisotopic (exact) mass is 400 g/mol. The number of hydrogen-bond acceptors (Lipinski definition) is 3. The van der Waals surface area contributed by atoms with E-state index in [4.69, 9.17) is 4.74 Å². The lowest BCUT2D eigenvalue weighted by molar-refractivity contribution is -0.124. The molecule has 1 aliphatic carbocycles. The van der Waals surface area contributed by atoms with Gasteiger partial charge in [0.25, 0.3) is 5.91 Å². The summed E-state index contributed by atoms with van der Waals surface area (Å²) >= 11 is 6.71. The van der Waals surface area contributed by atoms with E-state index < -0.39 is 5.54 Å². The number of ether oxygens (including phenoxy) is 1. The van der Waals surface area contributed by atoms with E-state index in [9.17, 15) is 10.1 Å². The molecule has 1 aliphatic rings. The summed E-state index contributed by atoms with van der Waals surface area (Å²) in [4.78, 5) is 11.9. The van der Waals surface area contributed by atoms with Crippen LogP contribution in [0.4, 0.5) is 0 Å². The second kappa shape index (κ2) is 6.15. The molecule has 1 N–H and O–H groups in total. The number of halogens is 2. The van der Waals surface area contributed by atoms with Crippen LogP contribution in [0, 0.1) is 17.2 Å². The third-order valence-electron chi connectivity index (χ3n) is 3.28. The molecule has 0 bridgehead atoms. The molecule has 6 heteroatoms. The Morgan fingerprint density at radius 3 is 2.80 bits per heavy atom. The van der Waals surface area contributed by atoms with Gasteiger partial charge in [-0.2, -0.15) is 5.26 Å². The van der Waals surface area contributed by atoms with Gasteiger partial charge in [-0.05, 0) is 59.8 Å². The number of nitrogens with one attached hydrogen (secondary N) is 1. The average molecular weight is 402 g/mol. The van der Waals surface area contributed by atoms with Crippen LogP contribution < -0.4 is 10.1 Å². The first-order valence-electron chi connectivity index (χ1n) is 6.25. The summed E-state index contributed by atoms with van der Waals surface area (Å²) in [6.07, 6.45) is 1.98. The molecular weight excluding hydrogens is 388 g/mol. The van der Waals surface area contributed by atoms with Crippen molar-refractivity contribution in [2.24, 2.45) is 5.92 Å². The molecule has 1 atom stereocenters. The van der Waals surface area contributed by atoms with Gasteiger partial charge < -0.3 is 10.1 Å². The van der Waals surface area contributed by atoms with Crippen LogP contribution in [0.2, 0.25) is 0 Å². The fourth-order valence-electron chi connectivity index (χ4n) is 1.94. The van der Waals surface area contributed by atoms with Crippen molar-refractivity contribution in [2.75, 3.05) is 6.61 Å². The van der Waals surface area contributed by atoms with Crippen molar-refractivity contribution in [1.29, 1.82) is 5.26 Å². The van der Waals surface area contributed by atoms with Gasteiger partial charge in [0.15, 0.2) is 6.61 Å². The van der Waals surface area contributed by atoms with Gasteiger partial charge in [0.1, 0.15) is 11.3 Å². The molecular formula is C14H14Br2N2O2. The number of nitrogens with zero attached hydrogens (tertiary/aromatic N) is 1. The van der Waals surface area contributed by atoms with E-state index in [1.54, 1.807) is 13.0 Å². The van der Waals surface area contributed by atoms with Crippen molar-refractivity contribution in [1.82, 2.24) is 5.32 Å². The molecule has 0 aliphatic heterocycles. The Hall–Kier alpha value is -1.06. The highest BCUT2D eigenvalue weighted by atomic mass is 79.9. The zero-order valence-corrected chi connectivity index (χ0v) is 14.1. The quantitative estimate of drug-likeness (QED) is 0.822. The van der Waals surface area contributed by atoms with Crippen LogP contribution >= 0.6 is 31.9 Å². The number of carbonyl (C=O) groups excluding carboxylic acids is 1. The van der Waals surface area contributed by atoms with Crippen LogP contribution in [0.5, 0.6) is 5.75 Å². The van der Waals surface area contributed by atoms with Crippen molar-refractivity contribution in [3.8, 4) is 11.8 Å². The predicted octanol–water partition coefficient (Wildman–Crippen LogP) is 3.40. The molecule has 1 aromatic rings. The van der Waals surface area contributed by atoms with Gasteiger partial charge in [-0.15, -0.1) is 0 Å². The van der Waals surface area contributed by atoms with Gasteiger partial charge in [0.05, 0.1) is 10.5 Å². The molecule has 2 rings (SSSR count). The summed E-state index contributed by atoms with van der Waals surface area (Å²) in [5, 5.41) is 11.9. The first-order valence-corrected chi connectivity index (χ1v) is 7.83. The van der Waals surface area contributed by atoms with Crippen molar-refractivity contribution >= 4 is 37.8 Å². The maximum absolute atomic E-state index is 11.9. The predicted molar refractivity (Wildman–Crippen MR) is 82.2 cm³/mol. The molecule has 1 saturated carbocycles. The summed E-state index contributed by atoms with van der Waals surface area (Å²) in [5.41, 5.74) is -0.780. The highest BCUT2D eigenvalue weighted by Gasteiger charge is 2.43. The minimum absolute atomic E-state index is 0.107. The van der Waals surface area contributed by atoms with Gasteiger partial charge in [-0.1, -0.05) is 15.9 Å². The molecule has 0 radical (unpaired) electrons. The van der Waals surface area contributed by atoms with E-state index in [-0.39, 0.29) is 18.4 Å². The van der Waals surface area contributed by atoms with Gasteiger partial charge in [0.2, 0.25) is 0 Å². The van der Waals surface area contributed by atoms with Gasteiger partial charge in [0, 0.05) is 4.47 Å². The third-order valence-corrected chi connectivity index (χ3v) is 4.39. The van der Waals surface area contributed by atoms with E-state index in [1.807, 2.05) is 12.1 Å². The van der Waals surface area contributed by atoms with E-state index in [1.165, 1.54) is 0 Å². The van der Waals surface area contributed by atoms with Crippen LogP contribution in [-0.4, -0.2) is 18.1 Å². The smallest absolute Gasteiger partial charge is 0.259 e. The van der Waals surface area contributed by atoms with Gasteiger partial charge in [-0.3, -0.25) is 4.79 Å². The Balaban J connectivity index is 1.90. The second-order valence-electron chi connectivity index (χ2n) is 5.00. The van der Waals surface area contributed by atoms with E-state index in [0.29, 0.717) is 5.75 Å². The molecule has 20 heavy (non-hydrogen) atoms. The zero-order valence-electron chi connectivity index (χ0n) is 11.0. The lowest BCUT2D eigenvalue weighted by atomic mass is 9.98. The summed E-state index contributed by atoms with van der Waals surface area (Å²) < 4.78 is 7.15. The summed E-state index contributed by atoms with van der Waals surface area (Å²) in [6, 6.07) is 7.63. The largest absolute Gasteiger partial charge is 0.483 e. The Bertz CT molecular complexity index is 567. The minimum Gasteiger partial charge on any atom is -0.483 e. The topological polar surface area (TPSA) is 62.1 Å². The summed E-state index contributed by atoms with van der Waals surface area (Å²) in [7, 11) is 0. The Morgan fingerprint density at radius 2 is 2.25 bits per heavy atom. The summed E-state index contributed by atoms with van der Waals surface area (Å²) in [5.74, 6) is 0.570. The molecule has 106 valence electrons. The van der Waals surface area contributed by atoms with Crippen LogP contribution in [0.1, 0.15) is 19.8 Å². The first kappa shape index (κ1) is 15.3. The Labute approximate surface area is 134 Å². The Morgan fingerprint density at radius 1 is 1.55 bits per heavy atom. The molecule has 1 aromatic carbocycles. The van der Waals surface area contributed by atoms with Crippen LogP contribution in [0.15, 0.2) is 27.1 Å². The number of hydrogen-bond donors (Lipinski definition) is 1. The molecule has 1 fully saturated rings. The number of nitriles is 1. The number of benzene rings is 1. The molecule has 0 unspecified atom stereocenters. The van der Waals surface area contributed by atoms with E-state index in [0.717, 1.165) is 21.8 Å². The van der Waals surface area contributed by atoms with Crippen molar-refractivity contribution in [3.63, 3.8) is 0 Å². The number of rotatable bonds is 5. The minimum atomic E-state index is -0.780. The van der Waals surface area contributed by atoms with Crippen LogP contribution in [0.25, 0.3) is 0 Å². The van der Waals surface area contributed by atoms with Crippen LogP contribution in [0.3, 0.4) is 0 Å². The van der Waals surface area contributed by atoms with Gasteiger partial charge in [-0.25, -0.2) is 0 Å². The Kier molecular flexibility index (Phi) is 4.71. The molecule has 4 nitrogen and oxygen atoms in total. The van der Waals surface area contributed by atoms with E-state index >= 15 is 0 Å². The lowest BCUT2D eigenvalue weighted by Crippen LogP contribution is -2.48. The SMILES string of the molecule is C[C@](C#N)(NC(=O)COc1ccc(Br)cc1Br)C1CC1. The molecule has 0 heterocycles. The maximum atomic E-state index is 11.9. The van der Waals surface area contributed by atoms with Gasteiger partial charge >= 0.3 is 0 Å². The van der Waals surface area contributed by atoms with Crippen molar-refractivity contribution < 1.29 is 9.53 Å². The standard InChI is InChI=1S/C14H14Br2N2O2/c1-14(8-17,9-2-3-9)18-13(19)7-20-12-5-4-10(15)6-11(12)16/h4-6,9H,2-3,7H2,1H3,(H,18,19)/t14-/m1/s1. The maximum Gasteiger partial charge on any atom is 0.259 e. The molecule has 0 spiro atoms. The number of carbonyl (C=O) groups is 1. The molecule has 0 saturated heterocycles. The fraction of sp³-hybridized carbons (Fsp3) is 0.429. The second-order valence-corrected chi connectivity index (χ2v) is 6.77. The molecule has 0 aromatic heterocycles. The highest BCUT2D eigenvalue weighted by Crippen LogP contribution is 2.39. The molecule has 1 amide bonds. The summed E-state index contributed by atoms with van der Waals surface area (Å²) in [6.45, 7) is 1.66. The fourth-order valence-corrected chi connectivity index (χ4v) is 3.10. The zero-order chi connectivity index (χ0) is 14.8. The third kappa shape index (κ3) is 3.74. The van der Waals surface area contributed by atoms with Crippen molar-refractivity contribution in [2.45, 2.75) is 25.3 Å². The van der Waals surface area contributed by atoms with Crippen molar-refractivity contribution in [3.05, 3.63) is 27.1 Å². The lowest BCUT2D eigenvalue weighted by Gasteiger charge is -2.22. The van der Waals surface area contributed by atoms with Crippen LogP contribution in [-0.2, 0) is 4.79 Å². The van der Waals surface area contributed by atoms with E-state index in [2.05, 4.69) is 43.2 Å². The average Bonchev–Trinajstić information content (AvgIpc) is 3.22. The number of amides is 1.